The van der Waals surface area contributed by atoms with E-state index in [1.54, 1.807) is 7.11 Å². The lowest BCUT2D eigenvalue weighted by Gasteiger charge is -2.38. The smallest absolute Gasteiger partial charge is 0.262 e. The number of methoxy groups -OCH3 is 1. The monoisotopic (exact) mass is 386 g/mol. The Balaban J connectivity index is 1.84. The van der Waals surface area contributed by atoms with Crippen LogP contribution in [0, 0.1) is 0 Å². The topological polar surface area (TPSA) is 41.6 Å². The van der Waals surface area contributed by atoms with Gasteiger partial charge in [-0.3, -0.25) is 9.69 Å². The van der Waals surface area contributed by atoms with Crippen LogP contribution in [0.3, 0.4) is 0 Å². The molecule has 0 saturated carbocycles. The van der Waals surface area contributed by atoms with Gasteiger partial charge in [0, 0.05) is 16.9 Å². The summed E-state index contributed by atoms with van der Waals surface area (Å²) in [4.78, 5) is 15.3. The predicted molar refractivity (Wildman–Crippen MR) is 118 cm³/mol. The number of anilines is 2. The number of fused-ring (bicyclic) bond motifs is 1. The molecule has 148 valence electrons. The predicted octanol–water partition coefficient (Wildman–Crippen LogP) is 5.76. The van der Waals surface area contributed by atoms with Crippen LogP contribution >= 0.6 is 0 Å². The van der Waals surface area contributed by atoms with Crippen LogP contribution in [0.25, 0.3) is 0 Å². The molecule has 0 aromatic heterocycles. The van der Waals surface area contributed by atoms with E-state index in [1.165, 1.54) is 5.56 Å². The van der Waals surface area contributed by atoms with Crippen LogP contribution in [0.5, 0.6) is 5.75 Å². The van der Waals surface area contributed by atoms with E-state index in [0.29, 0.717) is 5.56 Å². The number of nitrogens with zero attached hydrogens (tertiary/aromatic N) is 1. The normalized spacial score (nSPS) is 16.2. The summed E-state index contributed by atoms with van der Waals surface area (Å²) in [6.45, 7) is 6.55. The van der Waals surface area contributed by atoms with Gasteiger partial charge in [-0.15, -0.1) is 0 Å². The number of nitrogens with one attached hydrogen (secondary N) is 1. The van der Waals surface area contributed by atoms with Gasteiger partial charge >= 0.3 is 0 Å². The molecule has 0 radical (unpaired) electrons. The first-order chi connectivity index (χ1) is 13.9. The molecule has 1 heterocycles. The molecule has 1 atom stereocenters. The Labute approximate surface area is 172 Å². The summed E-state index contributed by atoms with van der Waals surface area (Å²) in [5, 5.41) is 3.54. The van der Waals surface area contributed by atoms with E-state index < -0.39 is 0 Å². The van der Waals surface area contributed by atoms with E-state index >= 15 is 0 Å². The molecule has 0 saturated heterocycles. The average Bonchev–Trinajstić information content (AvgIpc) is 2.73. The van der Waals surface area contributed by atoms with Gasteiger partial charge in [-0.2, -0.15) is 0 Å². The molecule has 29 heavy (non-hydrogen) atoms. The van der Waals surface area contributed by atoms with Crippen molar-refractivity contribution in [1.29, 1.82) is 0 Å². The number of para-hydroxylation sites is 2. The first kappa shape index (κ1) is 19.1. The van der Waals surface area contributed by atoms with Gasteiger partial charge in [0.15, 0.2) is 0 Å². The summed E-state index contributed by atoms with van der Waals surface area (Å²) in [6.07, 6.45) is -0.367. The second kappa shape index (κ2) is 7.28. The second-order valence-corrected chi connectivity index (χ2v) is 8.31. The van der Waals surface area contributed by atoms with Crippen molar-refractivity contribution in [2.24, 2.45) is 0 Å². The molecule has 3 aromatic rings. The van der Waals surface area contributed by atoms with Gasteiger partial charge in [0.2, 0.25) is 0 Å². The quantitative estimate of drug-likeness (QED) is 0.622. The van der Waals surface area contributed by atoms with Crippen LogP contribution in [-0.2, 0) is 5.41 Å². The van der Waals surface area contributed by atoms with Crippen molar-refractivity contribution in [3.63, 3.8) is 0 Å². The number of carbonyl (C=O) groups excluding carboxylic acids is 1. The SMILES string of the molecule is COc1ccccc1C1Nc2ccccc2C(=O)N1c1ccc(C(C)(C)C)cc1. The Morgan fingerprint density at radius 3 is 2.24 bits per heavy atom. The third-order valence-corrected chi connectivity index (χ3v) is 5.37. The van der Waals surface area contributed by atoms with Crippen molar-refractivity contribution in [3.8, 4) is 5.75 Å². The van der Waals surface area contributed by atoms with Crippen LogP contribution < -0.4 is 15.0 Å². The summed E-state index contributed by atoms with van der Waals surface area (Å²) in [7, 11) is 1.65. The zero-order valence-electron chi connectivity index (χ0n) is 17.3. The molecule has 1 aliphatic heterocycles. The molecule has 1 N–H and O–H groups in total. The summed E-state index contributed by atoms with van der Waals surface area (Å²) in [6, 6.07) is 23.7. The summed E-state index contributed by atoms with van der Waals surface area (Å²) < 4.78 is 5.59. The molecule has 0 fully saturated rings. The van der Waals surface area contributed by atoms with Crippen molar-refractivity contribution >= 4 is 17.3 Å². The average molecular weight is 386 g/mol. The van der Waals surface area contributed by atoms with Crippen LogP contribution in [0.4, 0.5) is 11.4 Å². The Morgan fingerprint density at radius 2 is 1.55 bits per heavy atom. The van der Waals surface area contributed by atoms with Gasteiger partial charge in [-0.1, -0.05) is 63.2 Å². The van der Waals surface area contributed by atoms with E-state index in [2.05, 4.69) is 38.2 Å². The third-order valence-electron chi connectivity index (χ3n) is 5.37. The van der Waals surface area contributed by atoms with Gasteiger partial charge in [-0.05, 0) is 41.3 Å². The van der Waals surface area contributed by atoms with Crippen LogP contribution in [0.15, 0.2) is 72.8 Å². The molecular formula is C25H26N2O2. The fourth-order valence-corrected chi connectivity index (χ4v) is 3.75. The first-order valence-corrected chi connectivity index (χ1v) is 9.83. The van der Waals surface area contributed by atoms with Crippen LogP contribution in [0.1, 0.15) is 48.4 Å². The highest BCUT2D eigenvalue weighted by atomic mass is 16.5. The number of hydrogen-bond acceptors (Lipinski definition) is 3. The third kappa shape index (κ3) is 3.46. The van der Waals surface area contributed by atoms with E-state index in [9.17, 15) is 4.79 Å². The fraction of sp³-hybridized carbons (Fsp3) is 0.240. The molecule has 4 nitrogen and oxygen atoms in total. The van der Waals surface area contributed by atoms with Crippen molar-refractivity contribution in [2.45, 2.75) is 32.4 Å². The Bertz CT molecular complexity index is 1040. The molecule has 0 spiro atoms. The number of carbonyl (C=O) groups is 1. The number of amides is 1. The molecule has 1 amide bonds. The molecule has 1 unspecified atom stereocenters. The standard InChI is InChI=1S/C25H26N2O2/c1-25(2,3)17-13-15-18(16-14-17)27-23(20-10-6-8-12-22(20)29-4)26-21-11-7-5-9-19(21)24(27)28/h5-16,23,26H,1-4H3. The van der Waals surface area contributed by atoms with Crippen molar-refractivity contribution in [2.75, 3.05) is 17.3 Å². The van der Waals surface area contributed by atoms with Gasteiger partial charge in [-0.25, -0.2) is 0 Å². The number of benzene rings is 3. The van der Waals surface area contributed by atoms with Gasteiger partial charge in [0.1, 0.15) is 11.9 Å². The van der Waals surface area contributed by atoms with Gasteiger partial charge < -0.3 is 10.1 Å². The summed E-state index contributed by atoms with van der Waals surface area (Å²) in [5.74, 6) is 0.715. The summed E-state index contributed by atoms with van der Waals surface area (Å²) in [5.41, 5.74) is 4.54. The minimum Gasteiger partial charge on any atom is -0.496 e. The maximum Gasteiger partial charge on any atom is 0.262 e. The molecule has 4 heteroatoms. The Kier molecular flexibility index (Phi) is 4.79. The first-order valence-electron chi connectivity index (χ1n) is 9.83. The van der Waals surface area contributed by atoms with E-state index in [1.807, 2.05) is 65.6 Å². The molecule has 0 aliphatic carbocycles. The Morgan fingerprint density at radius 1 is 0.897 bits per heavy atom. The highest BCUT2D eigenvalue weighted by molar-refractivity contribution is 6.12. The molecular weight excluding hydrogens is 360 g/mol. The van der Waals surface area contributed by atoms with Crippen molar-refractivity contribution < 1.29 is 9.53 Å². The van der Waals surface area contributed by atoms with Gasteiger partial charge in [0.05, 0.1) is 12.7 Å². The van der Waals surface area contributed by atoms with Gasteiger partial charge in [0.25, 0.3) is 5.91 Å². The van der Waals surface area contributed by atoms with Crippen molar-refractivity contribution in [1.82, 2.24) is 0 Å². The fourth-order valence-electron chi connectivity index (χ4n) is 3.75. The molecule has 4 rings (SSSR count). The maximum absolute atomic E-state index is 13.5. The lowest BCUT2D eigenvalue weighted by atomic mass is 9.87. The Hall–Kier alpha value is -3.27. The highest BCUT2D eigenvalue weighted by Gasteiger charge is 2.35. The highest BCUT2D eigenvalue weighted by Crippen LogP contribution is 2.39. The minimum atomic E-state index is -0.367. The van der Waals surface area contributed by atoms with Crippen LogP contribution in [-0.4, -0.2) is 13.0 Å². The summed E-state index contributed by atoms with van der Waals surface area (Å²) >= 11 is 0. The number of hydrogen-bond donors (Lipinski definition) is 1. The minimum absolute atomic E-state index is 0.0289. The van der Waals surface area contributed by atoms with E-state index in [0.717, 1.165) is 22.7 Å². The molecule has 1 aliphatic rings. The number of rotatable bonds is 3. The number of ether oxygens (including phenoxy) is 1. The molecule has 0 bridgehead atoms. The van der Waals surface area contributed by atoms with E-state index in [4.69, 9.17) is 4.74 Å². The lowest BCUT2D eigenvalue weighted by Crippen LogP contribution is -2.43. The lowest BCUT2D eigenvalue weighted by molar-refractivity contribution is 0.0974. The second-order valence-electron chi connectivity index (χ2n) is 8.31. The zero-order chi connectivity index (χ0) is 20.6. The molecule has 3 aromatic carbocycles. The van der Waals surface area contributed by atoms with Crippen molar-refractivity contribution in [3.05, 3.63) is 89.5 Å². The van der Waals surface area contributed by atoms with Crippen LogP contribution in [0.2, 0.25) is 0 Å². The van der Waals surface area contributed by atoms with E-state index in [-0.39, 0.29) is 17.5 Å². The largest absolute Gasteiger partial charge is 0.496 e. The maximum atomic E-state index is 13.5. The zero-order valence-corrected chi connectivity index (χ0v) is 17.3.